The van der Waals surface area contributed by atoms with Gasteiger partial charge < -0.3 is 20.3 Å². The fourth-order valence-corrected chi connectivity index (χ4v) is 7.07. The number of carbonyl (C=O) groups excluding carboxylic acids is 2. The number of ether oxygens (including phenoxy) is 1. The Morgan fingerprint density at radius 3 is 1.37 bits per heavy atom. The SMILES string of the molecule is CCCCCCCC/C=C\CCCCCC(=O)OC(CCCCCCCCCCCCC)CC(=O)NC(CO)C(O)CCCCCCCCCCC. The van der Waals surface area contributed by atoms with E-state index in [-0.39, 0.29) is 24.9 Å². The van der Waals surface area contributed by atoms with Crippen molar-refractivity contribution in [3.8, 4) is 0 Å². The molecule has 0 rings (SSSR count). The van der Waals surface area contributed by atoms with Crippen LogP contribution in [-0.4, -0.2) is 46.9 Å². The van der Waals surface area contributed by atoms with Gasteiger partial charge in [0.25, 0.3) is 0 Å². The highest BCUT2D eigenvalue weighted by Gasteiger charge is 2.24. The van der Waals surface area contributed by atoms with E-state index in [1.165, 1.54) is 141 Å². The number of carbonyl (C=O) groups is 2. The quantitative estimate of drug-likeness (QED) is 0.0330. The lowest BCUT2D eigenvalue weighted by molar-refractivity contribution is -0.151. The summed E-state index contributed by atoms with van der Waals surface area (Å²) >= 11 is 0. The number of rotatable bonds is 41. The van der Waals surface area contributed by atoms with E-state index in [1.54, 1.807) is 0 Å². The molecule has 0 radical (unpaired) electrons. The molecule has 6 heteroatoms. The molecule has 0 aromatic heterocycles. The van der Waals surface area contributed by atoms with E-state index in [0.29, 0.717) is 19.3 Å². The van der Waals surface area contributed by atoms with Crippen LogP contribution in [0.3, 0.4) is 0 Å². The first kappa shape index (κ1) is 50.6. The first-order chi connectivity index (χ1) is 25.5. The van der Waals surface area contributed by atoms with Gasteiger partial charge >= 0.3 is 5.97 Å². The van der Waals surface area contributed by atoms with Crippen LogP contribution < -0.4 is 5.32 Å². The van der Waals surface area contributed by atoms with E-state index in [0.717, 1.165) is 57.8 Å². The Kier molecular flexibility index (Phi) is 39.7. The zero-order chi connectivity index (χ0) is 38.2. The fourth-order valence-electron chi connectivity index (χ4n) is 7.07. The summed E-state index contributed by atoms with van der Waals surface area (Å²) in [5, 5.41) is 23.6. The highest BCUT2D eigenvalue weighted by molar-refractivity contribution is 5.77. The highest BCUT2D eigenvalue weighted by Crippen LogP contribution is 2.18. The van der Waals surface area contributed by atoms with Crippen molar-refractivity contribution >= 4 is 11.9 Å². The number of hydrogen-bond donors (Lipinski definition) is 3. The fraction of sp³-hybridized carbons (Fsp3) is 0.913. The minimum atomic E-state index is -0.781. The summed E-state index contributed by atoms with van der Waals surface area (Å²) in [6.07, 6.45) is 42.7. The van der Waals surface area contributed by atoms with Gasteiger partial charge in [-0.15, -0.1) is 0 Å². The lowest BCUT2D eigenvalue weighted by Crippen LogP contribution is -2.46. The van der Waals surface area contributed by atoms with Gasteiger partial charge in [0.2, 0.25) is 5.91 Å². The molecule has 52 heavy (non-hydrogen) atoms. The second-order valence-corrected chi connectivity index (χ2v) is 15.8. The molecule has 1 amide bonds. The number of unbranched alkanes of at least 4 members (excludes halogenated alkanes) is 27. The maximum Gasteiger partial charge on any atom is 0.306 e. The molecule has 0 aromatic rings. The summed E-state index contributed by atoms with van der Waals surface area (Å²) in [6, 6.07) is -0.695. The third kappa shape index (κ3) is 35.6. The number of nitrogens with one attached hydrogen (secondary N) is 1. The predicted octanol–water partition coefficient (Wildman–Crippen LogP) is 13.0. The van der Waals surface area contributed by atoms with Crippen LogP contribution in [0, 0.1) is 0 Å². The normalized spacial score (nSPS) is 13.4. The molecule has 3 atom stereocenters. The smallest absolute Gasteiger partial charge is 0.306 e. The standard InChI is InChI=1S/C46H89NO5/c1-4-7-10-13-16-19-21-22-24-27-30-33-36-39-46(51)52-42(37-34-31-28-26-23-20-17-14-11-8-5-2)40-45(50)47-43(41-48)44(49)38-35-32-29-25-18-15-12-9-6-3/h22,24,42-44,48-49H,4-21,23,25-41H2,1-3H3,(H,47,50)/b24-22-. The molecule has 0 aliphatic rings. The van der Waals surface area contributed by atoms with Crippen molar-refractivity contribution in [1.82, 2.24) is 5.32 Å². The third-order valence-corrected chi connectivity index (χ3v) is 10.6. The largest absolute Gasteiger partial charge is 0.462 e. The minimum absolute atomic E-state index is 0.0775. The van der Waals surface area contributed by atoms with Crippen molar-refractivity contribution < 1.29 is 24.5 Å². The number of allylic oxidation sites excluding steroid dienone is 2. The Morgan fingerprint density at radius 2 is 0.923 bits per heavy atom. The number of esters is 1. The second-order valence-electron chi connectivity index (χ2n) is 15.8. The van der Waals surface area contributed by atoms with Crippen LogP contribution >= 0.6 is 0 Å². The summed E-state index contributed by atoms with van der Waals surface area (Å²) in [4.78, 5) is 25.9. The lowest BCUT2D eigenvalue weighted by Gasteiger charge is -2.24. The van der Waals surface area contributed by atoms with Crippen LogP contribution in [0.2, 0.25) is 0 Å². The maximum absolute atomic E-state index is 13.1. The average molecular weight is 736 g/mol. The molecule has 6 nitrogen and oxygen atoms in total. The van der Waals surface area contributed by atoms with E-state index in [1.807, 2.05) is 0 Å². The molecule has 3 N–H and O–H groups in total. The molecule has 308 valence electrons. The minimum Gasteiger partial charge on any atom is -0.462 e. The van der Waals surface area contributed by atoms with Gasteiger partial charge in [0.15, 0.2) is 0 Å². The van der Waals surface area contributed by atoms with Crippen LogP contribution in [-0.2, 0) is 14.3 Å². The molecule has 0 saturated carbocycles. The Balaban J connectivity index is 4.58. The number of amides is 1. The van der Waals surface area contributed by atoms with Gasteiger partial charge in [-0.05, 0) is 51.4 Å². The molecule has 0 bridgehead atoms. The number of aliphatic hydroxyl groups excluding tert-OH is 2. The Labute approximate surface area is 323 Å². The van der Waals surface area contributed by atoms with Gasteiger partial charge in [-0.3, -0.25) is 9.59 Å². The van der Waals surface area contributed by atoms with Crippen molar-refractivity contribution in [3.63, 3.8) is 0 Å². The average Bonchev–Trinajstić information content (AvgIpc) is 3.13. The predicted molar refractivity (Wildman–Crippen MR) is 223 cm³/mol. The van der Waals surface area contributed by atoms with Gasteiger partial charge in [0, 0.05) is 6.42 Å². The second kappa shape index (κ2) is 40.8. The zero-order valence-electron chi connectivity index (χ0n) is 35.0. The zero-order valence-corrected chi connectivity index (χ0v) is 35.0. The summed E-state index contributed by atoms with van der Waals surface area (Å²) in [7, 11) is 0. The number of aliphatic hydroxyl groups is 2. The van der Waals surface area contributed by atoms with E-state index in [9.17, 15) is 19.8 Å². The van der Waals surface area contributed by atoms with E-state index < -0.39 is 18.2 Å². The first-order valence-corrected chi connectivity index (χ1v) is 22.9. The van der Waals surface area contributed by atoms with E-state index >= 15 is 0 Å². The summed E-state index contributed by atoms with van der Waals surface area (Å²) in [6.45, 7) is 6.45. The molecule has 0 fully saturated rings. The first-order valence-electron chi connectivity index (χ1n) is 22.9. The summed E-state index contributed by atoms with van der Waals surface area (Å²) < 4.78 is 5.89. The topological polar surface area (TPSA) is 95.9 Å². The van der Waals surface area contributed by atoms with Crippen molar-refractivity contribution in [2.24, 2.45) is 0 Å². The van der Waals surface area contributed by atoms with Crippen molar-refractivity contribution in [3.05, 3.63) is 12.2 Å². The van der Waals surface area contributed by atoms with E-state index in [2.05, 4.69) is 38.2 Å². The van der Waals surface area contributed by atoms with Gasteiger partial charge in [-0.2, -0.15) is 0 Å². The summed E-state index contributed by atoms with van der Waals surface area (Å²) in [5.41, 5.74) is 0. The van der Waals surface area contributed by atoms with Crippen LogP contribution in [0.25, 0.3) is 0 Å². The Bertz CT molecular complexity index is 787. The molecule has 0 aromatic carbocycles. The molecule has 3 unspecified atom stereocenters. The van der Waals surface area contributed by atoms with Crippen molar-refractivity contribution in [2.75, 3.05) is 6.61 Å². The van der Waals surface area contributed by atoms with Crippen LogP contribution in [0.15, 0.2) is 12.2 Å². The van der Waals surface area contributed by atoms with Crippen molar-refractivity contribution in [2.45, 2.75) is 264 Å². The monoisotopic (exact) mass is 736 g/mol. The highest BCUT2D eigenvalue weighted by atomic mass is 16.5. The molecule has 0 heterocycles. The Morgan fingerprint density at radius 1 is 0.538 bits per heavy atom. The van der Waals surface area contributed by atoms with Crippen LogP contribution in [0.5, 0.6) is 0 Å². The molecule has 0 aliphatic heterocycles. The van der Waals surface area contributed by atoms with Crippen molar-refractivity contribution in [1.29, 1.82) is 0 Å². The molecule has 0 spiro atoms. The van der Waals surface area contributed by atoms with Crippen LogP contribution in [0.4, 0.5) is 0 Å². The van der Waals surface area contributed by atoms with Gasteiger partial charge in [-0.25, -0.2) is 0 Å². The third-order valence-electron chi connectivity index (χ3n) is 10.6. The molecule has 0 saturated heterocycles. The number of hydrogen-bond acceptors (Lipinski definition) is 5. The summed E-state index contributed by atoms with van der Waals surface area (Å²) in [5.74, 6) is -0.484. The molecular weight excluding hydrogens is 647 g/mol. The van der Waals surface area contributed by atoms with Gasteiger partial charge in [0.05, 0.1) is 25.2 Å². The Hall–Kier alpha value is -1.40. The van der Waals surface area contributed by atoms with E-state index in [4.69, 9.17) is 4.74 Å². The lowest BCUT2D eigenvalue weighted by atomic mass is 10.0. The van der Waals surface area contributed by atoms with Gasteiger partial charge in [0.1, 0.15) is 6.10 Å². The molecular formula is C46H89NO5. The molecule has 0 aliphatic carbocycles. The van der Waals surface area contributed by atoms with Crippen LogP contribution in [0.1, 0.15) is 245 Å². The maximum atomic E-state index is 13.1. The van der Waals surface area contributed by atoms with Gasteiger partial charge in [-0.1, -0.05) is 193 Å².